The summed E-state index contributed by atoms with van der Waals surface area (Å²) in [5, 5.41) is 12.8. The summed E-state index contributed by atoms with van der Waals surface area (Å²) in [7, 11) is 0. The monoisotopic (exact) mass is 263 g/mol. The van der Waals surface area contributed by atoms with Gasteiger partial charge in [-0.15, -0.1) is 0 Å². The van der Waals surface area contributed by atoms with Crippen molar-refractivity contribution in [3.8, 4) is 6.07 Å². The third kappa shape index (κ3) is 3.16. The Balaban J connectivity index is 1.94. The zero-order valence-electron chi connectivity index (χ0n) is 10.6. The Morgan fingerprint density at radius 3 is 2.72 bits per heavy atom. The van der Waals surface area contributed by atoms with Crippen LogP contribution in [0, 0.1) is 11.3 Å². The summed E-state index contributed by atoms with van der Waals surface area (Å²) in [5.41, 5.74) is 1.54. The van der Waals surface area contributed by atoms with Crippen molar-refractivity contribution in [1.82, 2.24) is 4.90 Å². The maximum absolute atomic E-state index is 8.83. The van der Waals surface area contributed by atoms with Crippen molar-refractivity contribution in [3.05, 3.63) is 28.8 Å². The van der Waals surface area contributed by atoms with Crippen LogP contribution < -0.4 is 5.32 Å². The molecule has 1 aromatic rings. The minimum atomic E-state index is 0.511. The van der Waals surface area contributed by atoms with Gasteiger partial charge in [-0.25, -0.2) is 0 Å². The summed E-state index contributed by atoms with van der Waals surface area (Å²) in [6.45, 7) is 5.64. The van der Waals surface area contributed by atoms with Crippen molar-refractivity contribution in [3.63, 3.8) is 0 Å². The number of rotatable bonds is 3. The molecule has 1 saturated heterocycles. The number of nitriles is 1. The smallest absolute Gasteiger partial charge is 0.101 e. The molecule has 0 amide bonds. The molecule has 0 atom stereocenters. The fraction of sp³-hybridized carbons (Fsp3) is 0.500. The number of hydrogen-bond acceptors (Lipinski definition) is 3. The zero-order chi connectivity index (χ0) is 13.0. The number of likely N-dealkylation sites (tertiary alicyclic amines) is 1. The first-order valence-corrected chi connectivity index (χ1v) is 6.79. The lowest BCUT2D eigenvalue weighted by Crippen LogP contribution is -2.38. The maximum atomic E-state index is 8.83. The third-order valence-electron chi connectivity index (χ3n) is 3.50. The quantitative estimate of drug-likeness (QED) is 0.911. The van der Waals surface area contributed by atoms with Crippen LogP contribution in [0.5, 0.6) is 0 Å². The van der Waals surface area contributed by atoms with Gasteiger partial charge < -0.3 is 10.2 Å². The topological polar surface area (TPSA) is 39.1 Å². The van der Waals surface area contributed by atoms with Crippen molar-refractivity contribution in [2.24, 2.45) is 0 Å². The predicted molar refractivity (Wildman–Crippen MR) is 74.9 cm³/mol. The van der Waals surface area contributed by atoms with Crippen molar-refractivity contribution >= 4 is 17.3 Å². The summed E-state index contributed by atoms with van der Waals surface area (Å²) < 4.78 is 0. The average molecular weight is 264 g/mol. The molecule has 0 unspecified atom stereocenters. The second-order valence-electron chi connectivity index (χ2n) is 4.66. The zero-order valence-corrected chi connectivity index (χ0v) is 11.4. The predicted octanol–water partition coefficient (Wildman–Crippen LogP) is 3.11. The number of piperidine rings is 1. The molecule has 0 aliphatic carbocycles. The summed E-state index contributed by atoms with van der Waals surface area (Å²) in [4.78, 5) is 2.46. The summed E-state index contributed by atoms with van der Waals surface area (Å²) >= 11 is 6.02. The second kappa shape index (κ2) is 6.08. The molecule has 2 rings (SSSR count). The van der Waals surface area contributed by atoms with Gasteiger partial charge in [0.15, 0.2) is 0 Å². The molecule has 0 bridgehead atoms. The molecular weight excluding hydrogens is 246 g/mol. The van der Waals surface area contributed by atoms with Crippen LogP contribution in [0.4, 0.5) is 5.69 Å². The highest BCUT2D eigenvalue weighted by atomic mass is 35.5. The Labute approximate surface area is 113 Å². The van der Waals surface area contributed by atoms with E-state index >= 15 is 0 Å². The molecule has 4 heteroatoms. The van der Waals surface area contributed by atoms with Crippen molar-refractivity contribution in [2.45, 2.75) is 25.8 Å². The maximum Gasteiger partial charge on any atom is 0.101 e. The number of nitrogens with one attached hydrogen (secondary N) is 1. The van der Waals surface area contributed by atoms with Gasteiger partial charge in [-0.05, 0) is 37.6 Å². The normalized spacial score (nSPS) is 17.4. The molecule has 18 heavy (non-hydrogen) atoms. The number of nitrogens with zero attached hydrogens (tertiary/aromatic N) is 2. The van der Waals surface area contributed by atoms with E-state index < -0.39 is 0 Å². The third-order valence-corrected chi connectivity index (χ3v) is 3.81. The van der Waals surface area contributed by atoms with Gasteiger partial charge in [0, 0.05) is 24.8 Å². The van der Waals surface area contributed by atoms with Crippen molar-refractivity contribution in [1.29, 1.82) is 5.26 Å². The molecule has 0 aromatic heterocycles. The molecule has 96 valence electrons. The van der Waals surface area contributed by atoms with Gasteiger partial charge in [0.1, 0.15) is 6.07 Å². The lowest BCUT2D eigenvalue weighted by Gasteiger charge is -2.32. The van der Waals surface area contributed by atoms with Crippen LogP contribution >= 0.6 is 11.6 Å². The molecule has 1 N–H and O–H groups in total. The minimum Gasteiger partial charge on any atom is -0.382 e. The van der Waals surface area contributed by atoms with E-state index in [2.05, 4.69) is 23.2 Å². The van der Waals surface area contributed by atoms with E-state index in [9.17, 15) is 0 Å². The summed E-state index contributed by atoms with van der Waals surface area (Å²) in [6, 6.07) is 8.12. The van der Waals surface area contributed by atoms with Crippen LogP contribution in [-0.2, 0) is 0 Å². The van der Waals surface area contributed by atoms with E-state index in [1.54, 1.807) is 6.07 Å². The highest BCUT2D eigenvalue weighted by Crippen LogP contribution is 2.22. The molecule has 0 spiro atoms. The molecular formula is C14H18ClN3. The average Bonchev–Trinajstić information content (AvgIpc) is 2.40. The van der Waals surface area contributed by atoms with Gasteiger partial charge in [0.25, 0.3) is 0 Å². The Hall–Kier alpha value is -1.24. The summed E-state index contributed by atoms with van der Waals surface area (Å²) in [5.74, 6) is 0. The van der Waals surface area contributed by atoms with E-state index in [0.29, 0.717) is 16.6 Å². The minimum absolute atomic E-state index is 0.511. The lowest BCUT2D eigenvalue weighted by molar-refractivity contribution is 0.229. The fourth-order valence-corrected chi connectivity index (χ4v) is 2.55. The number of halogens is 1. The lowest BCUT2D eigenvalue weighted by atomic mass is 10.0. The first-order chi connectivity index (χ1) is 8.72. The molecule has 0 radical (unpaired) electrons. The van der Waals surface area contributed by atoms with E-state index in [0.717, 1.165) is 38.2 Å². The van der Waals surface area contributed by atoms with Gasteiger partial charge >= 0.3 is 0 Å². The molecule has 1 heterocycles. The first-order valence-electron chi connectivity index (χ1n) is 6.41. The molecule has 1 aliphatic heterocycles. The molecule has 1 fully saturated rings. The van der Waals surface area contributed by atoms with Crippen molar-refractivity contribution < 1.29 is 0 Å². The standard InChI is InChI=1S/C14H18ClN3/c1-2-18-7-5-12(6-8-18)17-13-4-3-11(10-16)14(15)9-13/h3-4,9,12,17H,2,5-8H2,1H3. The molecule has 1 aliphatic rings. The van der Waals surface area contributed by atoms with Crippen LogP contribution in [0.25, 0.3) is 0 Å². The fourth-order valence-electron chi connectivity index (χ4n) is 2.32. The van der Waals surface area contributed by atoms with Crippen LogP contribution in [0.15, 0.2) is 18.2 Å². The van der Waals surface area contributed by atoms with Crippen LogP contribution in [0.2, 0.25) is 5.02 Å². The van der Waals surface area contributed by atoms with E-state index in [4.69, 9.17) is 16.9 Å². The molecule has 0 saturated carbocycles. The molecule has 1 aromatic carbocycles. The number of anilines is 1. The largest absolute Gasteiger partial charge is 0.382 e. The van der Waals surface area contributed by atoms with Gasteiger partial charge in [0.2, 0.25) is 0 Å². The SMILES string of the molecule is CCN1CCC(Nc2ccc(C#N)c(Cl)c2)CC1. The Bertz CT molecular complexity index is 445. The van der Waals surface area contributed by atoms with E-state index in [-0.39, 0.29) is 0 Å². The first kappa shape index (κ1) is 13.2. The highest BCUT2D eigenvalue weighted by Gasteiger charge is 2.17. The Morgan fingerprint density at radius 2 is 2.17 bits per heavy atom. The van der Waals surface area contributed by atoms with Crippen LogP contribution in [-0.4, -0.2) is 30.6 Å². The van der Waals surface area contributed by atoms with Crippen molar-refractivity contribution in [2.75, 3.05) is 25.0 Å². The van der Waals surface area contributed by atoms with Gasteiger partial charge in [-0.3, -0.25) is 0 Å². The number of benzene rings is 1. The second-order valence-corrected chi connectivity index (χ2v) is 5.07. The van der Waals surface area contributed by atoms with E-state index in [1.165, 1.54) is 0 Å². The van der Waals surface area contributed by atoms with Gasteiger partial charge in [-0.1, -0.05) is 18.5 Å². The van der Waals surface area contributed by atoms with Gasteiger partial charge in [-0.2, -0.15) is 5.26 Å². The summed E-state index contributed by atoms with van der Waals surface area (Å²) in [6.07, 6.45) is 2.32. The Kier molecular flexibility index (Phi) is 4.46. The Morgan fingerprint density at radius 1 is 1.44 bits per heavy atom. The highest BCUT2D eigenvalue weighted by molar-refractivity contribution is 6.32. The van der Waals surface area contributed by atoms with Crippen LogP contribution in [0.3, 0.4) is 0 Å². The molecule has 3 nitrogen and oxygen atoms in total. The van der Waals surface area contributed by atoms with Gasteiger partial charge in [0.05, 0.1) is 10.6 Å². The van der Waals surface area contributed by atoms with E-state index in [1.807, 2.05) is 12.1 Å². The van der Waals surface area contributed by atoms with Crippen LogP contribution in [0.1, 0.15) is 25.3 Å². The number of hydrogen-bond donors (Lipinski definition) is 1.